The van der Waals surface area contributed by atoms with Crippen molar-refractivity contribution in [2.75, 3.05) is 26.7 Å². The van der Waals surface area contributed by atoms with Crippen LogP contribution in [0, 0.1) is 5.92 Å². The van der Waals surface area contributed by atoms with E-state index in [4.69, 9.17) is 4.74 Å². The number of hydrogen-bond acceptors (Lipinski definition) is 3. The average Bonchev–Trinajstić information content (AvgIpc) is 2.51. The molecule has 2 saturated heterocycles. The van der Waals surface area contributed by atoms with Gasteiger partial charge in [0, 0.05) is 13.1 Å². The monoisotopic (exact) mass is 198 g/mol. The number of rotatable bonds is 2. The molecule has 2 heterocycles. The summed E-state index contributed by atoms with van der Waals surface area (Å²) >= 11 is 0. The van der Waals surface area contributed by atoms with Gasteiger partial charge in [-0.25, -0.2) is 0 Å². The van der Waals surface area contributed by atoms with E-state index in [-0.39, 0.29) is 0 Å². The first-order valence-electron chi connectivity index (χ1n) is 5.81. The van der Waals surface area contributed by atoms with Gasteiger partial charge in [-0.1, -0.05) is 0 Å². The largest absolute Gasteiger partial charge is 0.359 e. The van der Waals surface area contributed by atoms with Gasteiger partial charge in [0.1, 0.15) is 6.23 Å². The Morgan fingerprint density at radius 3 is 3.00 bits per heavy atom. The Bertz CT molecular complexity index is 186. The molecule has 3 atom stereocenters. The van der Waals surface area contributed by atoms with Crippen LogP contribution < -0.4 is 5.32 Å². The molecule has 3 nitrogen and oxygen atoms in total. The van der Waals surface area contributed by atoms with Crippen molar-refractivity contribution >= 4 is 0 Å². The van der Waals surface area contributed by atoms with E-state index in [1.54, 1.807) is 0 Å². The summed E-state index contributed by atoms with van der Waals surface area (Å²) in [4.78, 5) is 2.44. The van der Waals surface area contributed by atoms with Crippen molar-refractivity contribution in [3.05, 3.63) is 0 Å². The summed E-state index contributed by atoms with van der Waals surface area (Å²) in [7, 11) is 2.22. The summed E-state index contributed by atoms with van der Waals surface area (Å²) < 4.78 is 5.77. The van der Waals surface area contributed by atoms with Crippen molar-refractivity contribution in [3.8, 4) is 0 Å². The lowest BCUT2D eigenvalue weighted by Crippen LogP contribution is -2.36. The van der Waals surface area contributed by atoms with Gasteiger partial charge in [-0.2, -0.15) is 0 Å². The molecule has 2 aliphatic rings. The Hall–Kier alpha value is -0.120. The van der Waals surface area contributed by atoms with Crippen molar-refractivity contribution in [2.45, 2.75) is 38.5 Å². The molecule has 2 rings (SSSR count). The summed E-state index contributed by atoms with van der Waals surface area (Å²) in [5.74, 6) is 0.830. The summed E-state index contributed by atoms with van der Waals surface area (Å²) in [6.45, 7) is 5.68. The van der Waals surface area contributed by atoms with E-state index >= 15 is 0 Å². The van der Waals surface area contributed by atoms with Crippen molar-refractivity contribution in [1.29, 1.82) is 0 Å². The number of nitrogens with one attached hydrogen (secondary N) is 1. The van der Waals surface area contributed by atoms with E-state index < -0.39 is 0 Å². The topological polar surface area (TPSA) is 24.5 Å². The lowest BCUT2D eigenvalue weighted by molar-refractivity contribution is 0.0269. The molecule has 0 aromatic heterocycles. The first kappa shape index (κ1) is 10.4. The molecule has 3 unspecified atom stereocenters. The summed E-state index contributed by atoms with van der Waals surface area (Å²) in [5.41, 5.74) is 0. The summed E-state index contributed by atoms with van der Waals surface area (Å²) in [6.07, 6.45) is 4.64. The summed E-state index contributed by atoms with van der Waals surface area (Å²) in [5, 5.41) is 3.43. The molecule has 0 aliphatic carbocycles. The standard InChI is InChI=1S/C11H22N2O/c1-9-7-12-11(14-9)6-10-4-3-5-13(2)8-10/h9-12H,3-8H2,1-2H3. The molecular formula is C11H22N2O. The highest BCUT2D eigenvalue weighted by Crippen LogP contribution is 2.22. The van der Waals surface area contributed by atoms with E-state index in [1.165, 1.54) is 32.4 Å². The van der Waals surface area contributed by atoms with Crippen LogP contribution in [0.4, 0.5) is 0 Å². The highest BCUT2D eigenvalue weighted by Gasteiger charge is 2.26. The van der Waals surface area contributed by atoms with Crippen LogP contribution in [0.15, 0.2) is 0 Å². The second kappa shape index (κ2) is 4.60. The fourth-order valence-corrected chi connectivity index (χ4v) is 2.58. The van der Waals surface area contributed by atoms with Crippen molar-refractivity contribution in [1.82, 2.24) is 10.2 Å². The molecule has 0 saturated carbocycles. The second-order valence-corrected chi connectivity index (χ2v) is 4.85. The van der Waals surface area contributed by atoms with Crippen molar-refractivity contribution in [3.63, 3.8) is 0 Å². The van der Waals surface area contributed by atoms with E-state index in [0.717, 1.165) is 12.5 Å². The molecule has 14 heavy (non-hydrogen) atoms. The fourth-order valence-electron chi connectivity index (χ4n) is 2.58. The Kier molecular flexibility index (Phi) is 3.42. The molecular weight excluding hydrogens is 176 g/mol. The number of likely N-dealkylation sites (tertiary alicyclic amines) is 1. The molecule has 2 aliphatic heterocycles. The van der Waals surface area contributed by atoms with E-state index in [0.29, 0.717) is 12.3 Å². The van der Waals surface area contributed by atoms with Gasteiger partial charge in [-0.3, -0.25) is 5.32 Å². The molecule has 0 bridgehead atoms. The Morgan fingerprint density at radius 1 is 1.50 bits per heavy atom. The molecule has 3 heteroatoms. The van der Waals surface area contributed by atoms with Gasteiger partial charge in [0.2, 0.25) is 0 Å². The highest BCUT2D eigenvalue weighted by molar-refractivity contribution is 4.77. The molecule has 0 radical (unpaired) electrons. The Labute approximate surface area is 86.8 Å². The molecule has 82 valence electrons. The minimum atomic E-state index is 0.321. The number of ether oxygens (including phenoxy) is 1. The van der Waals surface area contributed by atoms with Crippen molar-refractivity contribution in [2.24, 2.45) is 5.92 Å². The summed E-state index contributed by atoms with van der Waals surface area (Å²) in [6, 6.07) is 0. The Balaban J connectivity index is 1.74. The van der Waals surface area contributed by atoms with Gasteiger partial charge in [0.15, 0.2) is 0 Å². The highest BCUT2D eigenvalue weighted by atomic mass is 16.5. The van der Waals surface area contributed by atoms with Gasteiger partial charge in [0.05, 0.1) is 6.10 Å². The lowest BCUT2D eigenvalue weighted by Gasteiger charge is -2.31. The van der Waals surface area contributed by atoms with Gasteiger partial charge >= 0.3 is 0 Å². The van der Waals surface area contributed by atoms with Crippen LogP contribution in [-0.4, -0.2) is 43.9 Å². The quantitative estimate of drug-likeness (QED) is 0.718. The third-order valence-electron chi connectivity index (χ3n) is 3.30. The first-order chi connectivity index (χ1) is 6.74. The Morgan fingerprint density at radius 2 is 2.36 bits per heavy atom. The van der Waals surface area contributed by atoms with E-state index in [9.17, 15) is 0 Å². The van der Waals surface area contributed by atoms with Crippen LogP contribution in [0.25, 0.3) is 0 Å². The fraction of sp³-hybridized carbons (Fsp3) is 1.00. The van der Waals surface area contributed by atoms with Crippen LogP contribution in [0.2, 0.25) is 0 Å². The first-order valence-corrected chi connectivity index (χ1v) is 5.81. The van der Waals surface area contributed by atoms with Gasteiger partial charge < -0.3 is 9.64 Å². The maximum Gasteiger partial charge on any atom is 0.108 e. The average molecular weight is 198 g/mol. The predicted molar refractivity (Wildman–Crippen MR) is 57.2 cm³/mol. The molecule has 0 aromatic carbocycles. The van der Waals surface area contributed by atoms with Crippen LogP contribution in [0.1, 0.15) is 26.2 Å². The third kappa shape index (κ3) is 2.69. The molecule has 0 amide bonds. The predicted octanol–water partition coefficient (Wildman–Crippen LogP) is 1.05. The van der Waals surface area contributed by atoms with Crippen molar-refractivity contribution < 1.29 is 4.74 Å². The number of nitrogens with zero attached hydrogens (tertiary/aromatic N) is 1. The van der Waals surface area contributed by atoms with Gasteiger partial charge in [0.25, 0.3) is 0 Å². The molecule has 0 aromatic rings. The zero-order valence-corrected chi connectivity index (χ0v) is 9.33. The number of hydrogen-bond donors (Lipinski definition) is 1. The minimum Gasteiger partial charge on any atom is -0.359 e. The minimum absolute atomic E-state index is 0.321. The zero-order valence-electron chi connectivity index (χ0n) is 9.33. The normalized spacial score (nSPS) is 40.3. The van der Waals surface area contributed by atoms with Gasteiger partial charge in [-0.15, -0.1) is 0 Å². The van der Waals surface area contributed by atoms with Crippen LogP contribution in [-0.2, 0) is 4.74 Å². The third-order valence-corrected chi connectivity index (χ3v) is 3.30. The molecule has 2 fully saturated rings. The maximum absolute atomic E-state index is 5.77. The maximum atomic E-state index is 5.77. The van der Waals surface area contributed by atoms with Crippen LogP contribution in [0.5, 0.6) is 0 Å². The number of piperidine rings is 1. The lowest BCUT2D eigenvalue weighted by atomic mass is 9.94. The van der Waals surface area contributed by atoms with E-state index in [1.807, 2.05) is 0 Å². The zero-order chi connectivity index (χ0) is 9.97. The van der Waals surface area contributed by atoms with Crippen LogP contribution in [0.3, 0.4) is 0 Å². The van der Waals surface area contributed by atoms with Crippen LogP contribution >= 0.6 is 0 Å². The smallest absolute Gasteiger partial charge is 0.108 e. The molecule has 1 N–H and O–H groups in total. The molecule has 0 spiro atoms. The second-order valence-electron chi connectivity index (χ2n) is 4.85. The van der Waals surface area contributed by atoms with Gasteiger partial charge in [-0.05, 0) is 45.7 Å². The SMILES string of the molecule is CC1CNC(CC2CCCN(C)C2)O1. The van der Waals surface area contributed by atoms with E-state index in [2.05, 4.69) is 24.2 Å².